The maximum Gasteiger partial charge on any atom is 0.146 e. The van der Waals surface area contributed by atoms with Gasteiger partial charge in [-0.2, -0.15) is 0 Å². The summed E-state index contributed by atoms with van der Waals surface area (Å²) in [6.07, 6.45) is 1.08. The Morgan fingerprint density at radius 3 is 2.47 bits per heavy atom. The summed E-state index contributed by atoms with van der Waals surface area (Å²) in [4.78, 5) is 1.95. The van der Waals surface area contributed by atoms with Crippen LogP contribution in [0.4, 0.5) is 10.1 Å². The number of nitrogens with two attached hydrogens (primary N) is 1. The van der Waals surface area contributed by atoms with Crippen LogP contribution in [0.15, 0.2) is 24.3 Å². The van der Waals surface area contributed by atoms with Gasteiger partial charge < -0.3 is 10.6 Å². The summed E-state index contributed by atoms with van der Waals surface area (Å²) in [5.41, 5.74) is 6.41. The highest BCUT2D eigenvalue weighted by Crippen LogP contribution is 2.20. The first-order chi connectivity index (χ1) is 8.04. The number of hydrogen-bond donors (Lipinski definition) is 1. The summed E-state index contributed by atoms with van der Waals surface area (Å²) in [6, 6.07) is 6.86. The first-order valence-electron chi connectivity index (χ1n) is 6.20. The Labute approximate surface area is 104 Å². The van der Waals surface area contributed by atoms with Crippen LogP contribution in [0.3, 0.4) is 0 Å². The molecule has 0 radical (unpaired) electrons. The van der Waals surface area contributed by atoms with E-state index in [1.165, 1.54) is 6.07 Å². The molecule has 0 saturated carbocycles. The molecule has 0 heterocycles. The molecule has 17 heavy (non-hydrogen) atoms. The van der Waals surface area contributed by atoms with Crippen LogP contribution in [-0.2, 0) is 0 Å². The van der Waals surface area contributed by atoms with Gasteiger partial charge in [0.15, 0.2) is 0 Å². The molecular weight excluding hydrogens is 215 g/mol. The van der Waals surface area contributed by atoms with Crippen molar-refractivity contribution in [1.82, 2.24) is 0 Å². The molecule has 1 aromatic rings. The molecule has 0 saturated heterocycles. The standard InChI is InChI=1S/C14H23FN2/c1-11(2)8-12(9-16)10-17(3)14-7-5-4-6-13(14)15/h4-7,11-12H,8-10,16H2,1-3H3. The van der Waals surface area contributed by atoms with Crippen LogP contribution in [0.2, 0.25) is 0 Å². The smallest absolute Gasteiger partial charge is 0.146 e. The van der Waals surface area contributed by atoms with Gasteiger partial charge in [0.2, 0.25) is 0 Å². The van der Waals surface area contributed by atoms with E-state index in [-0.39, 0.29) is 5.82 Å². The van der Waals surface area contributed by atoms with E-state index in [4.69, 9.17) is 5.73 Å². The third-order valence-corrected chi connectivity index (χ3v) is 2.93. The third kappa shape index (κ3) is 4.35. The number of nitrogens with zero attached hydrogens (tertiary/aromatic N) is 1. The molecule has 3 heteroatoms. The molecule has 0 spiro atoms. The van der Waals surface area contributed by atoms with Gasteiger partial charge in [0, 0.05) is 13.6 Å². The van der Waals surface area contributed by atoms with E-state index in [0.717, 1.165) is 13.0 Å². The largest absolute Gasteiger partial charge is 0.372 e. The van der Waals surface area contributed by atoms with Crippen LogP contribution in [0, 0.1) is 17.7 Å². The van der Waals surface area contributed by atoms with E-state index in [9.17, 15) is 4.39 Å². The molecule has 0 fully saturated rings. The first kappa shape index (κ1) is 14.0. The lowest BCUT2D eigenvalue weighted by Crippen LogP contribution is -2.31. The van der Waals surface area contributed by atoms with Gasteiger partial charge in [-0.05, 0) is 36.9 Å². The summed E-state index contributed by atoms with van der Waals surface area (Å²) >= 11 is 0. The predicted octanol–water partition coefficient (Wildman–Crippen LogP) is 2.88. The number of rotatable bonds is 6. The highest BCUT2D eigenvalue weighted by Gasteiger charge is 2.14. The van der Waals surface area contributed by atoms with Crippen molar-refractivity contribution in [3.8, 4) is 0 Å². The van der Waals surface area contributed by atoms with Crippen molar-refractivity contribution in [2.75, 3.05) is 25.0 Å². The second kappa shape index (κ2) is 6.60. The summed E-state index contributed by atoms with van der Waals surface area (Å²) < 4.78 is 13.6. The minimum atomic E-state index is -0.171. The van der Waals surface area contributed by atoms with Gasteiger partial charge in [0.1, 0.15) is 5.82 Å². The Kier molecular flexibility index (Phi) is 5.42. The molecule has 1 atom stereocenters. The maximum atomic E-state index is 13.6. The second-order valence-electron chi connectivity index (χ2n) is 5.06. The molecule has 0 aromatic heterocycles. The fraction of sp³-hybridized carbons (Fsp3) is 0.571. The van der Waals surface area contributed by atoms with Crippen molar-refractivity contribution in [2.24, 2.45) is 17.6 Å². The van der Waals surface area contributed by atoms with Gasteiger partial charge in [-0.15, -0.1) is 0 Å². The SMILES string of the molecule is CC(C)CC(CN)CN(C)c1ccccc1F. The average molecular weight is 238 g/mol. The number of benzene rings is 1. The summed E-state index contributed by atoms with van der Waals surface area (Å²) in [5.74, 6) is 0.868. The molecule has 0 aliphatic rings. The maximum absolute atomic E-state index is 13.6. The predicted molar refractivity (Wildman–Crippen MR) is 71.7 cm³/mol. The molecule has 0 aliphatic heterocycles. The Morgan fingerprint density at radius 2 is 1.94 bits per heavy atom. The molecular formula is C14H23FN2. The normalized spacial score (nSPS) is 12.8. The fourth-order valence-electron chi connectivity index (χ4n) is 2.16. The summed E-state index contributed by atoms with van der Waals surface area (Å²) in [7, 11) is 1.92. The van der Waals surface area contributed by atoms with Gasteiger partial charge in [0.25, 0.3) is 0 Å². The molecule has 2 nitrogen and oxygen atoms in total. The Bertz CT molecular complexity index is 339. The van der Waals surface area contributed by atoms with E-state index >= 15 is 0 Å². The number of anilines is 1. The van der Waals surface area contributed by atoms with Crippen molar-refractivity contribution in [1.29, 1.82) is 0 Å². The van der Waals surface area contributed by atoms with E-state index in [2.05, 4.69) is 13.8 Å². The fourth-order valence-corrected chi connectivity index (χ4v) is 2.16. The van der Waals surface area contributed by atoms with Gasteiger partial charge in [-0.25, -0.2) is 4.39 Å². The molecule has 0 amide bonds. The lowest BCUT2D eigenvalue weighted by molar-refractivity contribution is 0.418. The van der Waals surface area contributed by atoms with E-state index in [1.54, 1.807) is 12.1 Å². The van der Waals surface area contributed by atoms with Crippen LogP contribution in [0.25, 0.3) is 0 Å². The quantitative estimate of drug-likeness (QED) is 0.825. The van der Waals surface area contributed by atoms with Crippen molar-refractivity contribution < 1.29 is 4.39 Å². The molecule has 2 N–H and O–H groups in total. The first-order valence-corrected chi connectivity index (χ1v) is 6.20. The summed E-state index contributed by atoms with van der Waals surface area (Å²) in [5, 5.41) is 0. The lowest BCUT2D eigenvalue weighted by atomic mass is 9.96. The van der Waals surface area contributed by atoms with Crippen molar-refractivity contribution in [3.05, 3.63) is 30.1 Å². The lowest BCUT2D eigenvalue weighted by Gasteiger charge is -2.26. The zero-order valence-electron chi connectivity index (χ0n) is 11.0. The minimum Gasteiger partial charge on any atom is -0.372 e. The van der Waals surface area contributed by atoms with Crippen molar-refractivity contribution >= 4 is 5.69 Å². The van der Waals surface area contributed by atoms with Crippen LogP contribution in [0.1, 0.15) is 20.3 Å². The highest BCUT2D eigenvalue weighted by atomic mass is 19.1. The number of para-hydroxylation sites is 1. The van der Waals surface area contributed by atoms with E-state index in [1.807, 2.05) is 18.0 Å². The van der Waals surface area contributed by atoms with E-state index in [0.29, 0.717) is 24.1 Å². The molecule has 0 bridgehead atoms. The van der Waals surface area contributed by atoms with Gasteiger partial charge in [-0.3, -0.25) is 0 Å². The number of halogens is 1. The monoisotopic (exact) mass is 238 g/mol. The zero-order chi connectivity index (χ0) is 12.8. The highest BCUT2D eigenvalue weighted by molar-refractivity contribution is 5.46. The molecule has 1 aromatic carbocycles. The zero-order valence-corrected chi connectivity index (χ0v) is 11.0. The molecule has 1 rings (SSSR count). The molecule has 96 valence electrons. The van der Waals surface area contributed by atoms with Crippen LogP contribution in [0.5, 0.6) is 0 Å². The van der Waals surface area contributed by atoms with Crippen LogP contribution < -0.4 is 10.6 Å². The van der Waals surface area contributed by atoms with Crippen LogP contribution >= 0.6 is 0 Å². The number of hydrogen-bond acceptors (Lipinski definition) is 2. The summed E-state index contributed by atoms with van der Waals surface area (Å²) in [6.45, 7) is 5.82. The Hall–Kier alpha value is -1.09. The molecule has 0 aliphatic carbocycles. The topological polar surface area (TPSA) is 29.3 Å². The van der Waals surface area contributed by atoms with E-state index < -0.39 is 0 Å². The Morgan fingerprint density at radius 1 is 1.29 bits per heavy atom. The third-order valence-electron chi connectivity index (χ3n) is 2.93. The van der Waals surface area contributed by atoms with Crippen LogP contribution in [-0.4, -0.2) is 20.1 Å². The van der Waals surface area contributed by atoms with Gasteiger partial charge in [0.05, 0.1) is 5.69 Å². The minimum absolute atomic E-state index is 0.171. The van der Waals surface area contributed by atoms with Crippen molar-refractivity contribution in [2.45, 2.75) is 20.3 Å². The van der Waals surface area contributed by atoms with Gasteiger partial charge in [-0.1, -0.05) is 26.0 Å². The molecule has 1 unspecified atom stereocenters. The second-order valence-corrected chi connectivity index (χ2v) is 5.06. The van der Waals surface area contributed by atoms with Crippen molar-refractivity contribution in [3.63, 3.8) is 0 Å². The Balaban J connectivity index is 2.64. The average Bonchev–Trinajstić information content (AvgIpc) is 2.27. The van der Waals surface area contributed by atoms with Gasteiger partial charge >= 0.3 is 0 Å².